The van der Waals surface area contributed by atoms with Crippen LogP contribution < -0.4 is 16.2 Å². The molecule has 1 aliphatic rings. The van der Waals surface area contributed by atoms with Crippen molar-refractivity contribution in [2.45, 2.75) is 32.9 Å². The van der Waals surface area contributed by atoms with Crippen molar-refractivity contribution in [3.05, 3.63) is 75.2 Å². The van der Waals surface area contributed by atoms with Gasteiger partial charge in [0.15, 0.2) is 0 Å². The van der Waals surface area contributed by atoms with Gasteiger partial charge in [0.25, 0.3) is 11.5 Å². The summed E-state index contributed by atoms with van der Waals surface area (Å²) in [7, 11) is 1.69. The summed E-state index contributed by atoms with van der Waals surface area (Å²) >= 11 is 0. The topological polar surface area (TPSA) is 83.4 Å². The summed E-state index contributed by atoms with van der Waals surface area (Å²) in [6.07, 6.45) is 2.37. The van der Waals surface area contributed by atoms with Crippen LogP contribution >= 0.6 is 0 Å². The lowest BCUT2D eigenvalue weighted by molar-refractivity contribution is 0.0946. The van der Waals surface area contributed by atoms with Gasteiger partial charge in [0.1, 0.15) is 0 Å². The molecule has 1 aromatic carbocycles. The maximum atomic E-state index is 12.9. The first-order chi connectivity index (χ1) is 13.3. The number of hydrogen-bond donors (Lipinski definition) is 3. The van der Waals surface area contributed by atoms with E-state index in [1.165, 1.54) is 5.56 Å². The smallest absolute Gasteiger partial charge is 0.260 e. The fraction of sp³-hybridized carbons (Fsp3) is 0.364. The molecule has 2 atom stereocenters. The maximum Gasteiger partial charge on any atom is 0.260 e. The Labute approximate surface area is 164 Å². The first-order valence-electron chi connectivity index (χ1n) is 9.43. The van der Waals surface area contributed by atoms with Crippen LogP contribution in [0.4, 0.5) is 0 Å². The third-order valence-electron chi connectivity index (χ3n) is 5.37. The molecular weight excluding hydrogens is 354 g/mol. The van der Waals surface area contributed by atoms with E-state index in [1.807, 2.05) is 26.0 Å². The fourth-order valence-electron chi connectivity index (χ4n) is 3.20. The number of aromatic nitrogens is 1. The number of hydrogen-bond acceptors (Lipinski definition) is 4. The van der Waals surface area contributed by atoms with Crippen molar-refractivity contribution >= 4 is 11.6 Å². The van der Waals surface area contributed by atoms with Gasteiger partial charge in [-0.15, -0.1) is 0 Å². The summed E-state index contributed by atoms with van der Waals surface area (Å²) in [5, 5.41) is 15.0. The average molecular weight is 381 g/mol. The predicted molar refractivity (Wildman–Crippen MR) is 110 cm³/mol. The van der Waals surface area contributed by atoms with Crippen LogP contribution in [0, 0.1) is 19.8 Å². The second-order valence-electron chi connectivity index (χ2n) is 7.48. The Balaban J connectivity index is 1.95. The van der Waals surface area contributed by atoms with Crippen LogP contribution in [0.5, 0.6) is 0 Å². The summed E-state index contributed by atoms with van der Waals surface area (Å²) in [6.45, 7) is 8.40. The van der Waals surface area contributed by atoms with E-state index in [0.717, 1.165) is 17.5 Å². The third-order valence-corrected chi connectivity index (χ3v) is 5.37. The molecule has 1 aromatic heterocycles. The van der Waals surface area contributed by atoms with Gasteiger partial charge in [0, 0.05) is 37.5 Å². The van der Waals surface area contributed by atoms with E-state index in [1.54, 1.807) is 23.9 Å². The highest BCUT2D eigenvalue weighted by atomic mass is 16.3. The van der Waals surface area contributed by atoms with E-state index in [4.69, 9.17) is 0 Å². The molecule has 3 N–H and O–H groups in total. The molecule has 0 bridgehead atoms. The van der Waals surface area contributed by atoms with Crippen molar-refractivity contribution < 1.29 is 9.90 Å². The van der Waals surface area contributed by atoms with Crippen molar-refractivity contribution in [3.63, 3.8) is 0 Å². The van der Waals surface area contributed by atoms with Gasteiger partial charge in [-0.05, 0) is 43.0 Å². The molecule has 0 radical (unpaired) electrons. The number of rotatable bonds is 7. The first kappa shape index (κ1) is 19.9. The molecule has 3 rings (SSSR count). The SMILES string of the molecule is C=C(NC)c1cc(C(=O)NC2C[C@@H]2CO)cn(Cc2ccc(C)c(C)c2)c1=O. The standard InChI is InChI=1S/C22H27N3O3/c1-13-5-6-16(7-14(13)2)10-25-11-17(8-19(22(25)28)15(3)23-4)21(27)24-20-9-18(20)12-26/h5-8,11,18,20,23,26H,3,9-10,12H2,1-2,4H3,(H,24,27)/t18-,20?/m1/s1. The molecule has 148 valence electrons. The zero-order valence-electron chi connectivity index (χ0n) is 16.6. The van der Waals surface area contributed by atoms with Gasteiger partial charge in [-0.2, -0.15) is 0 Å². The first-order valence-corrected chi connectivity index (χ1v) is 9.43. The van der Waals surface area contributed by atoms with Gasteiger partial charge < -0.3 is 20.3 Å². The van der Waals surface area contributed by atoms with Crippen LogP contribution in [0.15, 0.2) is 41.8 Å². The highest BCUT2D eigenvalue weighted by molar-refractivity contribution is 5.95. The monoisotopic (exact) mass is 381 g/mol. The van der Waals surface area contributed by atoms with Crippen molar-refractivity contribution in [3.8, 4) is 0 Å². The van der Waals surface area contributed by atoms with Crippen LogP contribution in [0.2, 0.25) is 0 Å². The predicted octanol–water partition coefficient (Wildman–Crippen LogP) is 1.81. The van der Waals surface area contributed by atoms with Crippen molar-refractivity contribution in [2.75, 3.05) is 13.7 Å². The van der Waals surface area contributed by atoms with Crippen LogP contribution in [-0.4, -0.2) is 35.3 Å². The molecule has 1 fully saturated rings. The Morgan fingerprint density at radius 2 is 2.04 bits per heavy atom. The van der Waals surface area contributed by atoms with Crippen molar-refractivity contribution in [1.29, 1.82) is 0 Å². The van der Waals surface area contributed by atoms with Crippen LogP contribution in [0.25, 0.3) is 5.70 Å². The van der Waals surface area contributed by atoms with Gasteiger partial charge in [-0.1, -0.05) is 24.8 Å². The Morgan fingerprint density at radius 1 is 1.29 bits per heavy atom. The maximum absolute atomic E-state index is 12.9. The molecule has 1 aliphatic carbocycles. The van der Waals surface area contributed by atoms with E-state index < -0.39 is 0 Å². The molecule has 0 spiro atoms. The van der Waals surface area contributed by atoms with Crippen LogP contribution in [0.3, 0.4) is 0 Å². The van der Waals surface area contributed by atoms with Crippen LogP contribution in [0.1, 0.15) is 39.0 Å². The minimum absolute atomic E-state index is 0.00595. The normalized spacial score (nSPS) is 17.9. The van der Waals surface area contributed by atoms with E-state index in [9.17, 15) is 14.7 Å². The Morgan fingerprint density at radius 3 is 2.64 bits per heavy atom. The highest BCUT2D eigenvalue weighted by Gasteiger charge is 2.37. The van der Waals surface area contributed by atoms with Crippen molar-refractivity contribution in [1.82, 2.24) is 15.2 Å². The fourth-order valence-corrected chi connectivity index (χ4v) is 3.20. The number of carbonyl (C=O) groups is 1. The van der Waals surface area contributed by atoms with E-state index in [2.05, 4.69) is 23.3 Å². The number of aliphatic hydroxyl groups excluding tert-OH is 1. The average Bonchev–Trinajstić information content (AvgIpc) is 3.43. The van der Waals surface area contributed by atoms with Gasteiger partial charge in [-0.25, -0.2) is 0 Å². The van der Waals surface area contributed by atoms with Gasteiger partial charge >= 0.3 is 0 Å². The number of pyridine rings is 1. The van der Waals surface area contributed by atoms with Gasteiger partial charge in [0.2, 0.25) is 0 Å². The largest absolute Gasteiger partial charge is 0.396 e. The summed E-state index contributed by atoms with van der Waals surface area (Å²) in [4.78, 5) is 25.6. The molecule has 6 heteroatoms. The highest BCUT2D eigenvalue weighted by Crippen LogP contribution is 2.29. The molecular formula is C22H27N3O3. The molecule has 0 aliphatic heterocycles. The van der Waals surface area contributed by atoms with E-state index in [-0.39, 0.29) is 30.0 Å². The summed E-state index contributed by atoms with van der Waals surface area (Å²) < 4.78 is 1.55. The molecule has 1 heterocycles. The van der Waals surface area contributed by atoms with Gasteiger partial charge in [0.05, 0.1) is 17.7 Å². The van der Waals surface area contributed by atoms with E-state index in [0.29, 0.717) is 23.4 Å². The molecule has 28 heavy (non-hydrogen) atoms. The Hall–Kier alpha value is -2.86. The second kappa shape index (κ2) is 8.02. The zero-order valence-corrected chi connectivity index (χ0v) is 16.6. The zero-order chi connectivity index (χ0) is 20.4. The molecule has 1 saturated carbocycles. The lowest BCUT2D eigenvalue weighted by Crippen LogP contribution is -2.31. The quantitative estimate of drug-likeness (QED) is 0.683. The number of aryl methyl sites for hydroxylation is 2. The second-order valence-corrected chi connectivity index (χ2v) is 7.48. The minimum Gasteiger partial charge on any atom is -0.396 e. The lowest BCUT2D eigenvalue weighted by atomic mass is 10.1. The summed E-state index contributed by atoms with van der Waals surface area (Å²) in [5.74, 6) is -0.128. The number of aliphatic hydroxyl groups is 1. The number of amides is 1. The molecule has 2 aromatic rings. The van der Waals surface area contributed by atoms with Gasteiger partial charge in [-0.3, -0.25) is 9.59 Å². The summed E-state index contributed by atoms with van der Waals surface area (Å²) in [6, 6.07) is 7.64. The van der Waals surface area contributed by atoms with Crippen molar-refractivity contribution in [2.24, 2.45) is 5.92 Å². The molecule has 6 nitrogen and oxygen atoms in total. The number of carbonyl (C=O) groups excluding carboxylic acids is 1. The minimum atomic E-state index is -0.250. The number of benzene rings is 1. The summed E-state index contributed by atoms with van der Waals surface area (Å²) in [5.41, 5.74) is 4.37. The van der Waals surface area contributed by atoms with Crippen LogP contribution in [-0.2, 0) is 6.54 Å². The van der Waals surface area contributed by atoms with E-state index >= 15 is 0 Å². The Bertz CT molecular complexity index is 977. The molecule has 0 saturated heterocycles. The molecule has 1 amide bonds. The Kier molecular flexibility index (Phi) is 5.70. The third kappa shape index (κ3) is 4.17. The lowest BCUT2D eigenvalue weighted by Gasteiger charge is -2.14. The molecule has 1 unspecified atom stereocenters. The number of nitrogens with zero attached hydrogens (tertiary/aromatic N) is 1. The number of nitrogens with one attached hydrogen (secondary N) is 2.